The van der Waals surface area contributed by atoms with Crippen molar-refractivity contribution in [1.82, 2.24) is 9.13 Å². The molecule has 0 amide bonds. The number of anilines is 6. The number of hydrogen-bond acceptors (Lipinski definition) is 4. The van der Waals surface area contributed by atoms with Crippen molar-refractivity contribution in [3.8, 4) is 84.2 Å². The molecule has 2 aliphatic heterocycles. The van der Waals surface area contributed by atoms with Crippen LogP contribution in [-0.2, 0) is 10.8 Å². The van der Waals surface area contributed by atoms with E-state index < -0.39 is 24.0 Å². The Bertz CT molecular complexity index is 7550. The van der Waals surface area contributed by atoms with E-state index in [9.17, 15) is 14.9 Å². The molecule has 532 valence electrons. The lowest BCUT2D eigenvalue weighted by Gasteiger charge is -2.46. The van der Waals surface area contributed by atoms with Gasteiger partial charge in [-0.1, -0.05) is 284 Å². The van der Waals surface area contributed by atoms with Crippen LogP contribution in [0.1, 0.15) is 91.8 Å². The molecule has 0 bridgehead atoms. The molecule has 21 rings (SSSR count). The number of aromatic nitrogens is 2. The van der Waals surface area contributed by atoms with Gasteiger partial charge in [0.05, 0.1) is 90.2 Å². The average Bonchev–Trinajstić information content (AvgIpc) is 0.742. The van der Waals surface area contributed by atoms with Gasteiger partial charge in [0.2, 0.25) is 0 Å². The summed E-state index contributed by atoms with van der Waals surface area (Å²) < 4.78 is 85.0. The number of nitriles is 1. The molecule has 0 saturated heterocycles. The number of rotatable bonds is 10. The highest BCUT2D eigenvalue weighted by molar-refractivity contribution is 7.26. The summed E-state index contributed by atoms with van der Waals surface area (Å²) in [6.45, 7) is 13.4. The number of nitrogens with zero attached hydrogens (tertiary/aromatic N) is 5. The topological polar surface area (TPSA) is 40.1 Å². The molecule has 0 radical (unpaired) electrons. The molecular weight excluding hydrogens is 1380 g/mol. The SMILES string of the molecule is [2H]c1c([2H])c([2H])c(-c2ccc3c(c2)C2c4ccc(-c5c(-c6cccc7c6sc6ccccc67)c([2H])c([2H])c([2H])c5-n5c6ccccc6c6ccccc65)cc4N(c4ccc(C(C)(C)C)cc4-c4ccccc4)c4cc(-n5c6ccc(C#N)cc6c6cc(C(C)(C)C)ccc65)cc(c42)N3c2ccc(-c3ccccc3)cc2-c2ccccc2)c([2H])c1[2H]. The molecule has 5 heterocycles. The van der Waals surface area contributed by atoms with Gasteiger partial charge in [-0.25, -0.2) is 0 Å². The fourth-order valence-electron chi connectivity index (χ4n) is 17.8. The molecule has 3 aromatic heterocycles. The fourth-order valence-corrected chi connectivity index (χ4v) is 19.0. The minimum absolute atomic E-state index is 0.0721. The molecule has 2 aliphatic rings. The van der Waals surface area contributed by atoms with E-state index in [1.165, 1.54) is 0 Å². The minimum Gasteiger partial charge on any atom is -0.309 e. The summed E-state index contributed by atoms with van der Waals surface area (Å²) >= 11 is 1.66. The van der Waals surface area contributed by atoms with Crippen LogP contribution in [-0.4, -0.2) is 9.13 Å². The van der Waals surface area contributed by atoms with Crippen LogP contribution in [0.5, 0.6) is 0 Å². The maximum Gasteiger partial charge on any atom is 0.0991 e. The number of fused-ring (bicyclic) bond motifs is 13. The predicted octanol–water partition coefficient (Wildman–Crippen LogP) is 29.5. The summed E-state index contributed by atoms with van der Waals surface area (Å²) in [4.78, 5) is 4.83. The second-order valence-electron chi connectivity index (χ2n) is 31.6. The third-order valence-electron chi connectivity index (χ3n) is 23.1. The molecule has 0 fully saturated rings. The van der Waals surface area contributed by atoms with E-state index in [2.05, 4.69) is 315 Å². The van der Waals surface area contributed by atoms with Gasteiger partial charge < -0.3 is 18.9 Å². The van der Waals surface area contributed by atoms with Gasteiger partial charge in [0.25, 0.3) is 0 Å². The Hall–Kier alpha value is -13.6. The van der Waals surface area contributed by atoms with Crippen molar-refractivity contribution in [2.45, 2.75) is 58.3 Å². The first-order chi connectivity index (χ1) is 58.1. The number of para-hydroxylation sites is 2. The Morgan fingerprint density at radius 2 is 0.875 bits per heavy atom. The molecule has 19 aromatic rings. The highest BCUT2D eigenvalue weighted by Crippen LogP contribution is 2.64. The van der Waals surface area contributed by atoms with Gasteiger partial charge in [-0.2, -0.15) is 5.26 Å². The zero-order chi connectivity index (χ0) is 82.2. The zero-order valence-corrected chi connectivity index (χ0v) is 63.4. The zero-order valence-electron chi connectivity index (χ0n) is 70.6. The van der Waals surface area contributed by atoms with Crippen LogP contribution in [0, 0.1) is 11.3 Å². The van der Waals surface area contributed by atoms with Crippen molar-refractivity contribution < 1.29 is 11.0 Å². The first-order valence-electron chi connectivity index (χ1n) is 42.2. The maximum atomic E-state index is 10.8. The number of hydrogen-bond donors (Lipinski definition) is 0. The van der Waals surface area contributed by atoms with E-state index in [1.807, 2.05) is 54.6 Å². The van der Waals surface area contributed by atoms with Crippen molar-refractivity contribution in [3.63, 3.8) is 0 Å². The van der Waals surface area contributed by atoms with Crippen LogP contribution >= 0.6 is 11.3 Å². The van der Waals surface area contributed by atoms with E-state index >= 15 is 0 Å². The third kappa shape index (κ3) is 10.6. The minimum atomic E-state index is -0.693. The first-order valence-corrected chi connectivity index (χ1v) is 39.0. The highest BCUT2D eigenvalue weighted by atomic mass is 32.1. The van der Waals surface area contributed by atoms with Crippen LogP contribution in [0.15, 0.2) is 352 Å². The van der Waals surface area contributed by atoms with Crippen LogP contribution < -0.4 is 9.80 Å². The van der Waals surface area contributed by atoms with E-state index in [0.717, 1.165) is 170 Å². The second kappa shape index (κ2) is 25.8. The van der Waals surface area contributed by atoms with Gasteiger partial charge in [-0.3, -0.25) is 0 Å². The summed E-state index contributed by atoms with van der Waals surface area (Å²) in [5.41, 5.74) is 23.4. The predicted molar refractivity (Wildman–Crippen MR) is 473 cm³/mol. The van der Waals surface area contributed by atoms with E-state index in [0.29, 0.717) is 33.5 Å². The molecule has 16 aromatic carbocycles. The van der Waals surface area contributed by atoms with Gasteiger partial charge in [0, 0.05) is 75.5 Å². The van der Waals surface area contributed by atoms with E-state index in [-0.39, 0.29) is 46.6 Å². The van der Waals surface area contributed by atoms with Gasteiger partial charge in [0.15, 0.2) is 0 Å². The first kappa shape index (κ1) is 58.5. The smallest absolute Gasteiger partial charge is 0.0991 e. The average molecular weight is 1460 g/mol. The third-order valence-corrected chi connectivity index (χ3v) is 24.3. The Labute approximate surface area is 667 Å². The van der Waals surface area contributed by atoms with Crippen molar-refractivity contribution >= 4 is 109 Å². The van der Waals surface area contributed by atoms with Crippen molar-refractivity contribution in [1.29, 1.82) is 5.26 Å². The Kier molecular flexibility index (Phi) is 13.5. The standard InChI is InChI=1S/C106H77N5S/c1-105(2,3)74-49-55-92(85(61-74)70-33-17-10-18-34-70)111-97-60-73(101-80(82-40-25-39-81-79-37-21-24-44-100(79)112-104(81)82)38-26-43-96(101)109-89-41-22-19-35-77(89)78-36-20-23-42-90(78)109)46-51-83(97)102-88-59-72(68-29-13-8-14-30-68)48-54-95(88)110(91-53-47-71(67-27-11-7-12-28-67)58-84(91)69-31-15-9-16-32-69)98-63-76(64-99(111)103(98)102)108-93-52-45-66(65-107)57-86(93)87-62-75(106(4,5)6)50-56-94(87)108/h7-64,102H,1-6H3/i8D,13D,14D,26D,29D,30D,38D,43D. The summed E-state index contributed by atoms with van der Waals surface area (Å²) in [6.07, 6.45) is 0. The Balaban J connectivity index is 0.962. The lowest BCUT2D eigenvalue weighted by molar-refractivity contribution is 0.590. The lowest BCUT2D eigenvalue weighted by atomic mass is 9.74. The van der Waals surface area contributed by atoms with Crippen molar-refractivity contribution in [3.05, 3.63) is 385 Å². The summed E-state index contributed by atoms with van der Waals surface area (Å²) in [6, 6.07) is 106. The maximum absolute atomic E-state index is 10.8. The normalized spacial score (nSPS) is 14.3. The Morgan fingerprint density at radius 3 is 1.55 bits per heavy atom. The van der Waals surface area contributed by atoms with Gasteiger partial charge in [-0.05, 0) is 187 Å². The summed E-state index contributed by atoms with van der Waals surface area (Å²) in [5, 5.41) is 16.8. The summed E-state index contributed by atoms with van der Waals surface area (Å²) in [5.74, 6) is -0.693. The fraction of sp³-hybridized carbons (Fsp3) is 0.0849. The molecule has 0 N–H and O–H groups in total. The molecule has 1 atom stereocenters. The molecule has 112 heavy (non-hydrogen) atoms. The number of benzene rings is 16. The summed E-state index contributed by atoms with van der Waals surface area (Å²) in [7, 11) is 0. The van der Waals surface area contributed by atoms with Crippen LogP contribution in [0.4, 0.5) is 34.1 Å². The molecule has 0 saturated carbocycles. The van der Waals surface area contributed by atoms with Crippen LogP contribution in [0.3, 0.4) is 0 Å². The quantitative estimate of drug-likeness (QED) is 0.137. The van der Waals surface area contributed by atoms with Crippen molar-refractivity contribution in [2.24, 2.45) is 0 Å². The molecule has 6 heteroatoms. The van der Waals surface area contributed by atoms with Crippen molar-refractivity contribution in [2.75, 3.05) is 9.80 Å². The molecule has 0 aliphatic carbocycles. The van der Waals surface area contributed by atoms with Crippen LogP contribution in [0.25, 0.3) is 142 Å². The monoisotopic (exact) mass is 1460 g/mol. The molecule has 0 spiro atoms. The molecule has 1 unspecified atom stereocenters. The Morgan fingerprint density at radius 1 is 0.330 bits per heavy atom. The molecule has 5 nitrogen and oxygen atoms in total. The highest BCUT2D eigenvalue weighted by Gasteiger charge is 2.44. The van der Waals surface area contributed by atoms with Gasteiger partial charge in [0.1, 0.15) is 0 Å². The van der Waals surface area contributed by atoms with Gasteiger partial charge in [-0.15, -0.1) is 11.3 Å². The van der Waals surface area contributed by atoms with E-state index in [1.54, 1.807) is 11.3 Å². The lowest BCUT2D eigenvalue weighted by Crippen LogP contribution is -2.30. The number of thiophene rings is 1. The molecular formula is C106H77N5S. The van der Waals surface area contributed by atoms with Crippen LogP contribution in [0.2, 0.25) is 0 Å². The van der Waals surface area contributed by atoms with E-state index in [4.69, 9.17) is 1.37 Å². The second-order valence-corrected chi connectivity index (χ2v) is 32.7. The van der Waals surface area contributed by atoms with Gasteiger partial charge >= 0.3 is 0 Å². The largest absolute Gasteiger partial charge is 0.309 e.